The van der Waals surface area contributed by atoms with Crippen LogP contribution in [0.15, 0.2) is 5.10 Å². The third-order valence-electron chi connectivity index (χ3n) is 2.59. The molecule has 0 saturated carbocycles. The lowest BCUT2D eigenvalue weighted by molar-refractivity contribution is 0.370. The standard InChI is InChI=1S/C8H16BrN3/c1-5(2)8(3,9)6-4-7(10)12-11-6/h5-6,11H,4H2,1-3H3,(H2,10,12)/t6?,8-/m0/s1. The summed E-state index contributed by atoms with van der Waals surface area (Å²) >= 11 is 3.71. The van der Waals surface area contributed by atoms with Gasteiger partial charge in [-0.2, -0.15) is 5.10 Å². The van der Waals surface area contributed by atoms with E-state index in [2.05, 4.69) is 47.2 Å². The average Bonchev–Trinajstić information content (AvgIpc) is 2.35. The largest absolute Gasteiger partial charge is 0.386 e. The molecule has 3 N–H and O–H groups in total. The third kappa shape index (κ3) is 1.73. The summed E-state index contributed by atoms with van der Waals surface area (Å²) in [6, 6.07) is 0.317. The Labute approximate surface area is 81.9 Å². The molecule has 4 heteroatoms. The van der Waals surface area contributed by atoms with Crippen molar-refractivity contribution in [1.82, 2.24) is 5.43 Å². The SMILES string of the molecule is CC(C)[C@](C)(Br)C1CC(N)=NN1. The van der Waals surface area contributed by atoms with Gasteiger partial charge < -0.3 is 11.2 Å². The van der Waals surface area contributed by atoms with Crippen molar-refractivity contribution in [2.45, 2.75) is 37.6 Å². The summed E-state index contributed by atoms with van der Waals surface area (Å²) in [4.78, 5) is 0. The van der Waals surface area contributed by atoms with Gasteiger partial charge >= 0.3 is 0 Å². The Bertz CT molecular complexity index is 198. The number of amidine groups is 1. The maximum atomic E-state index is 5.59. The highest BCUT2D eigenvalue weighted by Gasteiger charge is 2.37. The van der Waals surface area contributed by atoms with E-state index < -0.39 is 0 Å². The molecule has 0 saturated heterocycles. The Balaban J connectivity index is 2.60. The monoisotopic (exact) mass is 233 g/mol. The van der Waals surface area contributed by atoms with Crippen molar-refractivity contribution in [3.8, 4) is 0 Å². The predicted molar refractivity (Wildman–Crippen MR) is 55.3 cm³/mol. The molecule has 0 amide bonds. The molecule has 1 rings (SSSR count). The smallest absolute Gasteiger partial charge is 0.121 e. The Hall–Kier alpha value is -0.250. The minimum Gasteiger partial charge on any atom is -0.386 e. The van der Waals surface area contributed by atoms with Crippen LogP contribution in [-0.2, 0) is 0 Å². The number of nitrogens with zero attached hydrogens (tertiary/aromatic N) is 1. The zero-order chi connectivity index (χ0) is 9.35. The van der Waals surface area contributed by atoms with E-state index in [4.69, 9.17) is 5.73 Å². The molecule has 0 bridgehead atoms. The molecule has 0 aromatic rings. The van der Waals surface area contributed by atoms with Crippen LogP contribution in [0.1, 0.15) is 27.2 Å². The second-order valence-corrected chi connectivity index (χ2v) is 5.50. The van der Waals surface area contributed by atoms with Crippen molar-refractivity contribution in [3.63, 3.8) is 0 Å². The molecule has 0 fully saturated rings. The normalized spacial score (nSPS) is 28.1. The first-order valence-electron chi connectivity index (χ1n) is 4.21. The molecular formula is C8H16BrN3. The second kappa shape index (κ2) is 3.24. The van der Waals surface area contributed by atoms with Crippen LogP contribution < -0.4 is 11.2 Å². The van der Waals surface area contributed by atoms with Gasteiger partial charge in [0.1, 0.15) is 5.84 Å². The van der Waals surface area contributed by atoms with E-state index in [1.165, 1.54) is 0 Å². The molecule has 0 spiro atoms. The minimum atomic E-state index is 0.0671. The topological polar surface area (TPSA) is 50.4 Å². The first-order chi connectivity index (χ1) is 5.44. The third-order valence-corrected chi connectivity index (χ3v) is 4.06. The van der Waals surface area contributed by atoms with Gasteiger partial charge in [-0.25, -0.2) is 0 Å². The lowest BCUT2D eigenvalue weighted by atomic mass is 9.89. The fourth-order valence-electron chi connectivity index (χ4n) is 1.19. The fraction of sp³-hybridized carbons (Fsp3) is 0.875. The first-order valence-corrected chi connectivity index (χ1v) is 5.00. The van der Waals surface area contributed by atoms with Crippen molar-refractivity contribution in [3.05, 3.63) is 0 Å². The molecule has 0 aliphatic carbocycles. The molecule has 12 heavy (non-hydrogen) atoms. The number of hydrazone groups is 1. The lowest BCUT2D eigenvalue weighted by Gasteiger charge is -2.32. The Morgan fingerprint density at radius 1 is 1.75 bits per heavy atom. The summed E-state index contributed by atoms with van der Waals surface area (Å²) in [6.07, 6.45) is 0.833. The van der Waals surface area contributed by atoms with Gasteiger partial charge in [-0.1, -0.05) is 29.8 Å². The molecule has 0 radical (unpaired) electrons. The molecule has 1 unspecified atom stereocenters. The highest BCUT2D eigenvalue weighted by molar-refractivity contribution is 9.10. The number of nitrogens with one attached hydrogen (secondary N) is 1. The van der Waals surface area contributed by atoms with Crippen LogP contribution in [0.25, 0.3) is 0 Å². The van der Waals surface area contributed by atoms with Crippen molar-refractivity contribution in [1.29, 1.82) is 0 Å². The maximum absolute atomic E-state index is 5.59. The van der Waals surface area contributed by atoms with E-state index in [9.17, 15) is 0 Å². The van der Waals surface area contributed by atoms with Gasteiger partial charge in [0.15, 0.2) is 0 Å². The maximum Gasteiger partial charge on any atom is 0.121 e. The van der Waals surface area contributed by atoms with Gasteiger partial charge in [0.2, 0.25) is 0 Å². The predicted octanol–water partition coefficient (Wildman–Crippen LogP) is 1.43. The van der Waals surface area contributed by atoms with E-state index in [0.29, 0.717) is 17.8 Å². The molecule has 1 aliphatic rings. The van der Waals surface area contributed by atoms with E-state index >= 15 is 0 Å². The van der Waals surface area contributed by atoms with Gasteiger partial charge in [-0.15, -0.1) is 0 Å². The van der Waals surface area contributed by atoms with Gasteiger partial charge in [-0.05, 0) is 12.8 Å². The number of nitrogens with two attached hydrogens (primary N) is 1. The molecule has 0 aromatic carbocycles. The van der Waals surface area contributed by atoms with Crippen LogP contribution in [0, 0.1) is 5.92 Å². The molecule has 0 aromatic heterocycles. The first kappa shape index (κ1) is 9.84. The summed E-state index contributed by atoms with van der Waals surface area (Å²) in [5, 5.41) is 3.98. The second-order valence-electron chi connectivity index (χ2n) is 3.79. The number of hydrogen-bond acceptors (Lipinski definition) is 3. The summed E-state index contributed by atoms with van der Waals surface area (Å²) in [5.41, 5.74) is 8.63. The summed E-state index contributed by atoms with van der Waals surface area (Å²) in [5.74, 6) is 1.25. The highest BCUT2D eigenvalue weighted by Crippen LogP contribution is 2.33. The van der Waals surface area contributed by atoms with Crippen LogP contribution in [-0.4, -0.2) is 16.2 Å². The van der Waals surface area contributed by atoms with E-state index in [-0.39, 0.29) is 4.32 Å². The average molecular weight is 234 g/mol. The summed E-state index contributed by atoms with van der Waals surface area (Å²) in [7, 11) is 0. The number of hydrogen-bond donors (Lipinski definition) is 2. The molecule has 1 heterocycles. The van der Waals surface area contributed by atoms with Crippen molar-refractivity contribution < 1.29 is 0 Å². The zero-order valence-corrected chi connectivity index (χ0v) is 9.35. The van der Waals surface area contributed by atoms with E-state index in [0.717, 1.165) is 6.42 Å². The minimum absolute atomic E-state index is 0.0671. The van der Waals surface area contributed by atoms with Crippen molar-refractivity contribution >= 4 is 21.8 Å². The van der Waals surface area contributed by atoms with Gasteiger partial charge in [0.25, 0.3) is 0 Å². The van der Waals surface area contributed by atoms with E-state index in [1.54, 1.807) is 0 Å². The highest BCUT2D eigenvalue weighted by atomic mass is 79.9. The molecule has 3 nitrogen and oxygen atoms in total. The number of halogens is 1. The molecule has 1 aliphatic heterocycles. The van der Waals surface area contributed by atoms with Crippen LogP contribution in [0.3, 0.4) is 0 Å². The van der Waals surface area contributed by atoms with Crippen molar-refractivity contribution in [2.24, 2.45) is 16.8 Å². The Kier molecular flexibility index (Phi) is 2.66. The number of alkyl halides is 1. The Morgan fingerprint density at radius 2 is 2.33 bits per heavy atom. The summed E-state index contributed by atoms with van der Waals surface area (Å²) in [6.45, 7) is 6.54. The van der Waals surface area contributed by atoms with Gasteiger partial charge in [-0.3, -0.25) is 0 Å². The van der Waals surface area contributed by atoms with Crippen LogP contribution in [0.2, 0.25) is 0 Å². The van der Waals surface area contributed by atoms with Gasteiger partial charge in [0.05, 0.1) is 6.04 Å². The van der Waals surface area contributed by atoms with E-state index in [1.807, 2.05) is 0 Å². The van der Waals surface area contributed by atoms with Crippen molar-refractivity contribution in [2.75, 3.05) is 0 Å². The molecule has 2 atom stereocenters. The fourth-order valence-corrected chi connectivity index (χ4v) is 1.45. The van der Waals surface area contributed by atoms with Crippen LogP contribution in [0.4, 0.5) is 0 Å². The molecular weight excluding hydrogens is 218 g/mol. The Morgan fingerprint density at radius 3 is 2.67 bits per heavy atom. The quantitative estimate of drug-likeness (QED) is 0.710. The lowest BCUT2D eigenvalue weighted by Crippen LogP contribution is -2.44. The number of rotatable bonds is 2. The van der Waals surface area contributed by atoms with Crippen LogP contribution >= 0.6 is 15.9 Å². The van der Waals surface area contributed by atoms with Crippen LogP contribution in [0.5, 0.6) is 0 Å². The molecule has 70 valence electrons. The zero-order valence-electron chi connectivity index (χ0n) is 7.76. The van der Waals surface area contributed by atoms with Gasteiger partial charge in [0, 0.05) is 10.7 Å². The summed E-state index contributed by atoms with van der Waals surface area (Å²) < 4.78 is 0.0671.